The Morgan fingerprint density at radius 1 is 1.69 bits per heavy atom. The number of aromatic amines is 1. The summed E-state index contributed by atoms with van der Waals surface area (Å²) < 4.78 is 5.07. The Morgan fingerprint density at radius 2 is 2.38 bits per heavy atom. The predicted molar refractivity (Wildman–Crippen MR) is 49.8 cm³/mol. The van der Waals surface area contributed by atoms with Gasteiger partial charge in [0.25, 0.3) is 5.56 Å². The van der Waals surface area contributed by atoms with E-state index in [0.717, 1.165) is 5.69 Å². The highest BCUT2D eigenvalue weighted by atomic mass is 16.5. The number of aromatic nitrogens is 2. The fourth-order valence-electron chi connectivity index (χ4n) is 1.09. The van der Waals surface area contributed by atoms with Crippen LogP contribution in [-0.2, 0) is 11.2 Å². The first kappa shape index (κ1) is 9.92. The van der Waals surface area contributed by atoms with Crippen molar-refractivity contribution in [1.82, 2.24) is 9.97 Å². The molecule has 1 rings (SSSR count). The molecule has 1 N–H and O–H groups in total. The number of nitrogens with zero attached hydrogens (tertiary/aromatic N) is 1. The van der Waals surface area contributed by atoms with Crippen LogP contribution in [0.15, 0.2) is 10.9 Å². The predicted octanol–water partition coefficient (Wildman–Crippen LogP) is 0.656. The van der Waals surface area contributed by atoms with Crippen molar-refractivity contribution in [3.05, 3.63) is 27.9 Å². The van der Waals surface area contributed by atoms with Gasteiger partial charge in [-0.3, -0.25) is 4.79 Å². The minimum Gasteiger partial charge on any atom is -0.381 e. The molecule has 0 aliphatic rings. The van der Waals surface area contributed by atoms with Crippen molar-refractivity contribution in [3.8, 4) is 0 Å². The molecule has 1 aromatic rings. The van der Waals surface area contributed by atoms with Gasteiger partial charge in [0.2, 0.25) is 0 Å². The van der Waals surface area contributed by atoms with Crippen molar-refractivity contribution in [1.29, 1.82) is 0 Å². The average Bonchev–Trinajstić information content (AvgIpc) is 2.02. The summed E-state index contributed by atoms with van der Waals surface area (Å²) in [6.07, 6.45) is 0.706. The number of ether oxygens (including phenoxy) is 1. The molecule has 1 unspecified atom stereocenters. The van der Waals surface area contributed by atoms with Gasteiger partial charge in [0, 0.05) is 25.3 Å². The molecule has 13 heavy (non-hydrogen) atoms. The van der Waals surface area contributed by atoms with E-state index in [1.54, 1.807) is 14.0 Å². The van der Waals surface area contributed by atoms with Crippen LogP contribution in [0.5, 0.6) is 0 Å². The van der Waals surface area contributed by atoms with Crippen LogP contribution in [0.1, 0.15) is 18.4 Å². The lowest BCUT2D eigenvalue weighted by Crippen LogP contribution is -2.17. The Morgan fingerprint density at radius 3 is 2.92 bits per heavy atom. The molecule has 1 atom stereocenters. The molecule has 1 aromatic heterocycles. The number of H-pyrrole nitrogens is 1. The largest absolute Gasteiger partial charge is 0.381 e. The topological polar surface area (TPSA) is 55.0 Å². The normalized spacial score (nSPS) is 12.8. The van der Waals surface area contributed by atoms with Gasteiger partial charge in [-0.1, -0.05) is 0 Å². The molecular formula is C9H14N2O2. The quantitative estimate of drug-likeness (QED) is 0.747. The van der Waals surface area contributed by atoms with E-state index in [1.165, 1.54) is 6.07 Å². The second-order valence-corrected chi connectivity index (χ2v) is 3.08. The zero-order chi connectivity index (χ0) is 9.84. The Balaban J connectivity index is 2.83. The lowest BCUT2D eigenvalue weighted by molar-refractivity contribution is 0.117. The zero-order valence-corrected chi connectivity index (χ0v) is 8.13. The molecule has 0 amide bonds. The first-order valence-corrected chi connectivity index (χ1v) is 4.21. The number of hydrogen-bond acceptors (Lipinski definition) is 3. The molecular weight excluding hydrogens is 168 g/mol. The summed E-state index contributed by atoms with van der Waals surface area (Å²) in [6, 6.07) is 1.47. The van der Waals surface area contributed by atoms with Crippen LogP contribution < -0.4 is 5.56 Å². The van der Waals surface area contributed by atoms with Gasteiger partial charge < -0.3 is 9.72 Å². The lowest BCUT2D eigenvalue weighted by Gasteiger charge is -2.07. The third-order valence-electron chi connectivity index (χ3n) is 1.80. The first-order valence-electron chi connectivity index (χ1n) is 4.21. The molecule has 0 fully saturated rings. The molecule has 0 aliphatic heterocycles. The SMILES string of the molecule is COC(C)Cc1nc(C)cc(=O)[nH]1. The number of aryl methyl sites for hydroxylation is 1. The van der Waals surface area contributed by atoms with E-state index in [9.17, 15) is 4.79 Å². The smallest absolute Gasteiger partial charge is 0.251 e. The van der Waals surface area contributed by atoms with Gasteiger partial charge in [-0.2, -0.15) is 0 Å². The van der Waals surface area contributed by atoms with Gasteiger partial charge >= 0.3 is 0 Å². The third kappa shape index (κ3) is 2.99. The van der Waals surface area contributed by atoms with Gasteiger partial charge in [-0.15, -0.1) is 0 Å². The summed E-state index contributed by atoms with van der Waals surface area (Å²) in [7, 11) is 1.64. The molecule has 0 saturated carbocycles. The van der Waals surface area contributed by atoms with Crippen LogP contribution in [0.4, 0.5) is 0 Å². The summed E-state index contributed by atoms with van der Waals surface area (Å²) >= 11 is 0. The Kier molecular flexibility index (Phi) is 3.19. The van der Waals surface area contributed by atoms with Crippen LogP contribution in [0.25, 0.3) is 0 Å². The number of rotatable bonds is 3. The van der Waals surface area contributed by atoms with Gasteiger partial charge in [0.1, 0.15) is 5.82 Å². The first-order chi connectivity index (χ1) is 6.11. The molecule has 0 aliphatic carbocycles. The summed E-state index contributed by atoms with van der Waals surface area (Å²) in [6.45, 7) is 3.73. The summed E-state index contributed by atoms with van der Waals surface area (Å²) in [5.41, 5.74) is 0.632. The zero-order valence-electron chi connectivity index (χ0n) is 8.13. The number of hydrogen-bond donors (Lipinski definition) is 1. The standard InChI is InChI=1S/C9H14N2O2/c1-6-4-9(12)11-8(10-6)5-7(2)13-3/h4,7H,5H2,1-3H3,(H,10,11,12). The van der Waals surface area contributed by atoms with Gasteiger partial charge in [-0.05, 0) is 13.8 Å². The van der Waals surface area contributed by atoms with Crippen molar-refractivity contribution in [2.24, 2.45) is 0 Å². The summed E-state index contributed by atoms with van der Waals surface area (Å²) in [5.74, 6) is 0.680. The van der Waals surface area contributed by atoms with E-state index in [1.807, 2.05) is 6.92 Å². The average molecular weight is 182 g/mol. The Bertz CT molecular complexity index is 333. The van der Waals surface area contributed by atoms with E-state index in [2.05, 4.69) is 9.97 Å². The fraction of sp³-hybridized carbons (Fsp3) is 0.556. The third-order valence-corrected chi connectivity index (χ3v) is 1.80. The molecule has 0 aromatic carbocycles. The van der Waals surface area contributed by atoms with Crippen LogP contribution in [0.2, 0.25) is 0 Å². The van der Waals surface area contributed by atoms with Crippen molar-refractivity contribution in [2.75, 3.05) is 7.11 Å². The molecule has 4 nitrogen and oxygen atoms in total. The van der Waals surface area contributed by atoms with E-state index in [4.69, 9.17) is 4.74 Å². The second-order valence-electron chi connectivity index (χ2n) is 3.08. The highest BCUT2D eigenvalue weighted by molar-refractivity contribution is 5.00. The maximum atomic E-state index is 11.0. The van der Waals surface area contributed by atoms with Crippen molar-refractivity contribution < 1.29 is 4.74 Å². The van der Waals surface area contributed by atoms with Crippen LogP contribution in [-0.4, -0.2) is 23.2 Å². The molecule has 0 radical (unpaired) electrons. The van der Waals surface area contributed by atoms with Crippen LogP contribution >= 0.6 is 0 Å². The maximum Gasteiger partial charge on any atom is 0.251 e. The lowest BCUT2D eigenvalue weighted by atomic mass is 10.2. The Hall–Kier alpha value is -1.16. The molecule has 0 saturated heterocycles. The summed E-state index contributed by atoms with van der Waals surface area (Å²) in [5, 5.41) is 0. The molecule has 0 spiro atoms. The van der Waals surface area contributed by atoms with Gasteiger partial charge in [0.15, 0.2) is 0 Å². The number of methoxy groups -OCH3 is 1. The highest BCUT2D eigenvalue weighted by Gasteiger charge is 2.04. The monoisotopic (exact) mass is 182 g/mol. The van der Waals surface area contributed by atoms with E-state index < -0.39 is 0 Å². The minimum atomic E-state index is -0.106. The van der Waals surface area contributed by atoms with E-state index in [-0.39, 0.29) is 11.7 Å². The molecule has 4 heteroatoms. The van der Waals surface area contributed by atoms with Crippen molar-refractivity contribution in [2.45, 2.75) is 26.4 Å². The minimum absolute atomic E-state index is 0.0740. The second kappa shape index (κ2) is 4.18. The van der Waals surface area contributed by atoms with Crippen LogP contribution in [0, 0.1) is 6.92 Å². The number of nitrogens with one attached hydrogen (secondary N) is 1. The van der Waals surface area contributed by atoms with Crippen LogP contribution in [0.3, 0.4) is 0 Å². The van der Waals surface area contributed by atoms with E-state index >= 15 is 0 Å². The maximum absolute atomic E-state index is 11.0. The fourth-order valence-corrected chi connectivity index (χ4v) is 1.09. The van der Waals surface area contributed by atoms with Crippen molar-refractivity contribution >= 4 is 0 Å². The highest BCUT2D eigenvalue weighted by Crippen LogP contribution is 1.98. The Labute approximate surface area is 77.0 Å². The molecule has 0 bridgehead atoms. The van der Waals surface area contributed by atoms with Gasteiger partial charge in [-0.25, -0.2) is 4.98 Å². The van der Waals surface area contributed by atoms with Gasteiger partial charge in [0.05, 0.1) is 6.10 Å². The molecule has 1 heterocycles. The molecule has 72 valence electrons. The van der Waals surface area contributed by atoms with E-state index in [0.29, 0.717) is 12.2 Å². The van der Waals surface area contributed by atoms with Crippen molar-refractivity contribution in [3.63, 3.8) is 0 Å². The summed E-state index contributed by atoms with van der Waals surface area (Å²) in [4.78, 5) is 17.9.